The van der Waals surface area contributed by atoms with Gasteiger partial charge in [-0.2, -0.15) is 0 Å². The Kier molecular flexibility index (Phi) is 4.23. The minimum absolute atomic E-state index is 0.297. The van der Waals surface area contributed by atoms with Gasteiger partial charge in [0.2, 0.25) is 5.95 Å². The number of nitrogens with two attached hydrogens (primary N) is 1. The summed E-state index contributed by atoms with van der Waals surface area (Å²) in [5.41, 5.74) is 8.53. The summed E-state index contributed by atoms with van der Waals surface area (Å²) in [6.07, 6.45) is 0.685. The number of aliphatic imine (C=N–C) groups is 1. The fraction of sp³-hybridized carbons (Fsp3) is 0.235. The normalized spacial score (nSPS) is 11.8. The highest BCUT2D eigenvalue weighted by Crippen LogP contribution is 2.18. The van der Waals surface area contributed by atoms with E-state index in [1.54, 1.807) is 0 Å². The number of aryl methyl sites for hydroxylation is 2. The summed E-state index contributed by atoms with van der Waals surface area (Å²) in [6, 6.07) is 11.9. The van der Waals surface area contributed by atoms with Crippen molar-refractivity contribution in [1.29, 1.82) is 0 Å². The molecule has 0 amide bonds. The molecule has 118 valence electrons. The standard InChI is InChI=1S/C17H19N5O/c1-11-9-12(2)21-17(20-11)22-16(18)19-8-7-14-10-13-5-3-4-6-15(13)23-14/h3-6,9-10H,7-8H2,1-2H3,(H3,18,19,20,21,22). The highest BCUT2D eigenvalue weighted by atomic mass is 16.3. The zero-order valence-corrected chi connectivity index (χ0v) is 13.2. The van der Waals surface area contributed by atoms with E-state index in [-0.39, 0.29) is 0 Å². The van der Waals surface area contributed by atoms with Gasteiger partial charge in [-0.3, -0.25) is 10.3 Å². The molecule has 0 bridgehead atoms. The maximum atomic E-state index is 5.87. The van der Waals surface area contributed by atoms with Crippen LogP contribution in [0.1, 0.15) is 17.1 Å². The second kappa shape index (κ2) is 6.48. The van der Waals surface area contributed by atoms with Crippen LogP contribution in [0.5, 0.6) is 0 Å². The quantitative estimate of drug-likeness (QED) is 0.571. The molecule has 3 N–H and O–H groups in total. The second-order valence-electron chi connectivity index (χ2n) is 5.37. The molecule has 0 fully saturated rings. The third-order valence-electron chi connectivity index (χ3n) is 3.34. The Morgan fingerprint density at radius 3 is 2.65 bits per heavy atom. The van der Waals surface area contributed by atoms with E-state index >= 15 is 0 Å². The first kappa shape index (κ1) is 15.0. The maximum absolute atomic E-state index is 5.87. The van der Waals surface area contributed by atoms with Crippen LogP contribution < -0.4 is 11.1 Å². The Hall–Kier alpha value is -2.89. The van der Waals surface area contributed by atoms with Crippen LogP contribution in [0.25, 0.3) is 11.0 Å². The lowest BCUT2D eigenvalue weighted by Gasteiger charge is -2.05. The molecule has 6 nitrogen and oxygen atoms in total. The number of anilines is 1. The number of furan rings is 1. The molecular weight excluding hydrogens is 290 g/mol. The van der Waals surface area contributed by atoms with E-state index in [9.17, 15) is 0 Å². The van der Waals surface area contributed by atoms with Gasteiger partial charge in [0.15, 0.2) is 5.96 Å². The summed E-state index contributed by atoms with van der Waals surface area (Å²) in [5, 5.41) is 4.01. The van der Waals surface area contributed by atoms with Crippen molar-refractivity contribution in [3.63, 3.8) is 0 Å². The molecule has 6 heteroatoms. The van der Waals surface area contributed by atoms with Gasteiger partial charge in [0.1, 0.15) is 11.3 Å². The van der Waals surface area contributed by atoms with Crippen molar-refractivity contribution in [1.82, 2.24) is 9.97 Å². The molecule has 0 atom stereocenters. The summed E-state index contributed by atoms with van der Waals surface area (Å²) in [4.78, 5) is 12.8. The predicted octanol–water partition coefficient (Wildman–Crippen LogP) is 2.81. The van der Waals surface area contributed by atoms with Gasteiger partial charge in [0.25, 0.3) is 0 Å². The number of guanidine groups is 1. The van der Waals surface area contributed by atoms with E-state index in [4.69, 9.17) is 10.2 Å². The first-order chi connectivity index (χ1) is 11.1. The summed E-state index contributed by atoms with van der Waals surface area (Å²) in [6.45, 7) is 4.35. The number of para-hydroxylation sites is 1. The van der Waals surface area contributed by atoms with E-state index < -0.39 is 0 Å². The fourth-order valence-corrected chi connectivity index (χ4v) is 2.38. The van der Waals surface area contributed by atoms with Gasteiger partial charge in [-0.25, -0.2) is 9.97 Å². The van der Waals surface area contributed by atoms with Crippen LogP contribution in [0.2, 0.25) is 0 Å². The number of benzene rings is 1. The van der Waals surface area contributed by atoms with Crippen molar-refractivity contribution in [2.45, 2.75) is 20.3 Å². The monoisotopic (exact) mass is 309 g/mol. The Bertz CT molecular complexity index is 800. The molecule has 0 unspecified atom stereocenters. The SMILES string of the molecule is Cc1cc(C)nc(NC(N)=NCCc2cc3ccccc3o2)n1. The van der Waals surface area contributed by atoms with Crippen molar-refractivity contribution >= 4 is 22.9 Å². The average molecular weight is 309 g/mol. The number of hydrogen-bond acceptors (Lipinski definition) is 4. The van der Waals surface area contributed by atoms with E-state index in [1.165, 1.54) is 0 Å². The molecule has 23 heavy (non-hydrogen) atoms. The zero-order chi connectivity index (χ0) is 16.2. The van der Waals surface area contributed by atoms with Crippen molar-refractivity contribution in [3.8, 4) is 0 Å². The van der Waals surface area contributed by atoms with Gasteiger partial charge in [-0.05, 0) is 32.0 Å². The van der Waals surface area contributed by atoms with Gasteiger partial charge in [0, 0.05) is 29.7 Å². The summed E-state index contributed by atoms with van der Waals surface area (Å²) >= 11 is 0. The fourth-order valence-electron chi connectivity index (χ4n) is 2.38. The first-order valence-electron chi connectivity index (χ1n) is 7.47. The molecule has 2 heterocycles. The molecule has 0 aliphatic rings. The Labute approximate surface area is 134 Å². The summed E-state index contributed by atoms with van der Waals surface area (Å²) in [5.74, 6) is 1.66. The average Bonchev–Trinajstić information content (AvgIpc) is 2.88. The maximum Gasteiger partial charge on any atom is 0.229 e. The molecule has 3 rings (SSSR count). The number of hydrogen-bond donors (Lipinski definition) is 2. The van der Waals surface area contributed by atoms with Crippen molar-refractivity contribution < 1.29 is 4.42 Å². The minimum atomic E-state index is 0.297. The summed E-state index contributed by atoms with van der Waals surface area (Å²) < 4.78 is 5.74. The van der Waals surface area contributed by atoms with Crippen LogP contribution in [0.3, 0.4) is 0 Å². The number of fused-ring (bicyclic) bond motifs is 1. The van der Waals surface area contributed by atoms with E-state index in [0.29, 0.717) is 24.9 Å². The number of aromatic nitrogens is 2. The largest absolute Gasteiger partial charge is 0.461 e. The van der Waals surface area contributed by atoms with Gasteiger partial charge in [-0.15, -0.1) is 0 Å². The molecule has 2 aromatic heterocycles. The van der Waals surface area contributed by atoms with Gasteiger partial charge in [0.05, 0.1) is 0 Å². The second-order valence-corrected chi connectivity index (χ2v) is 5.37. The molecule has 0 radical (unpaired) electrons. The van der Waals surface area contributed by atoms with Crippen LogP contribution >= 0.6 is 0 Å². The van der Waals surface area contributed by atoms with Gasteiger partial charge < -0.3 is 10.2 Å². The summed E-state index contributed by atoms with van der Waals surface area (Å²) in [7, 11) is 0. The highest BCUT2D eigenvalue weighted by Gasteiger charge is 2.03. The smallest absolute Gasteiger partial charge is 0.229 e. The van der Waals surface area contributed by atoms with Crippen LogP contribution in [0.15, 0.2) is 45.8 Å². The lowest BCUT2D eigenvalue weighted by atomic mass is 10.2. The highest BCUT2D eigenvalue weighted by molar-refractivity contribution is 5.90. The third-order valence-corrected chi connectivity index (χ3v) is 3.34. The molecule has 0 saturated heterocycles. The van der Waals surface area contributed by atoms with E-state index in [0.717, 1.165) is 28.1 Å². The number of nitrogens with one attached hydrogen (secondary N) is 1. The van der Waals surface area contributed by atoms with Gasteiger partial charge >= 0.3 is 0 Å². The van der Waals surface area contributed by atoms with Crippen LogP contribution in [-0.2, 0) is 6.42 Å². The van der Waals surface area contributed by atoms with Crippen LogP contribution in [-0.4, -0.2) is 22.5 Å². The molecule has 0 aliphatic heterocycles. The van der Waals surface area contributed by atoms with Crippen LogP contribution in [0.4, 0.5) is 5.95 Å². The lowest BCUT2D eigenvalue weighted by molar-refractivity contribution is 0.550. The zero-order valence-electron chi connectivity index (χ0n) is 13.2. The molecule has 1 aromatic carbocycles. The molecule has 3 aromatic rings. The van der Waals surface area contributed by atoms with E-state index in [1.807, 2.05) is 50.2 Å². The number of rotatable bonds is 4. The first-order valence-corrected chi connectivity index (χ1v) is 7.47. The van der Waals surface area contributed by atoms with Crippen LogP contribution in [0, 0.1) is 13.8 Å². The molecule has 0 spiro atoms. The topological polar surface area (TPSA) is 89.3 Å². The lowest BCUT2D eigenvalue weighted by Crippen LogP contribution is -2.24. The van der Waals surface area contributed by atoms with E-state index in [2.05, 4.69) is 20.3 Å². The Balaban J connectivity index is 1.60. The van der Waals surface area contributed by atoms with Crippen molar-refractivity contribution in [3.05, 3.63) is 53.5 Å². The van der Waals surface area contributed by atoms with Gasteiger partial charge in [-0.1, -0.05) is 18.2 Å². The molecular formula is C17H19N5O. The molecule has 0 saturated carbocycles. The molecule has 0 aliphatic carbocycles. The Morgan fingerprint density at radius 2 is 1.91 bits per heavy atom. The van der Waals surface area contributed by atoms with Crippen molar-refractivity contribution in [2.24, 2.45) is 10.7 Å². The predicted molar refractivity (Wildman–Crippen MR) is 91.5 cm³/mol. The number of nitrogens with zero attached hydrogens (tertiary/aromatic N) is 3. The van der Waals surface area contributed by atoms with Crippen molar-refractivity contribution in [2.75, 3.05) is 11.9 Å². The Morgan fingerprint density at radius 1 is 1.17 bits per heavy atom. The third kappa shape index (κ3) is 3.85. The minimum Gasteiger partial charge on any atom is -0.461 e.